The van der Waals surface area contributed by atoms with Gasteiger partial charge in [0.2, 0.25) is 0 Å². The van der Waals surface area contributed by atoms with Crippen molar-refractivity contribution in [2.45, 2.75) is 24.6 Å². The first-order chi connectivity index (χ1) is 9.33. The Bertz CT molecular complexity index is 739. The van der Waals surface area contributed by atoms with Crippen molar-refractivity contribution in [2.75, 3.05) is 0 Å². The van der Waals surface area contributed by atoms with E-state index in [-0.39, 0.29) is 5.38 Å². The van der Waals surface area contributed by atoms with Crippen molar-refractivity contribution in [3.05, 3.63) is 48.0 Å². The second-order valence-corrected chi connectivity index (χ2v) is 5.92. The van der Waals surface area contributed by atoms with E-state index in [1.807, 2.05) is 18.2 Å². The molecule has 1 aromatic heterocycles. The largest absolute Gasteiger partial charge is 0.456 e. The summed E-state index contributed by atoms with van der Waals surface area (Å²) >= 11 is 6.60. The SMILES string of the molecule is ClC(c1ccc2oc3ccccc3c2c1)C1CCC1. The Hall–Kier alpha value is -1.47. The van der Waals surface area contributed by atoms with E-state index in [1.165, 1.54) is 35.6 Å². The van der Waals surface area contributed by atoms with E-state index >= 15 is 0 Å². The number of hydrogen-bond acceptors (Lipinski definition) is 1. The Labute approximate surface area is 117 Å². The fourth-order valence-electron chi connectivity index (χ4n) is 2.92. The normalized spacial score (nSPS) is 17.7. The summed E-state index contributed by atoms with van der Waals surface area (Å²) in [5, 5.41) is 2.50. The Morgan fingerprint density at radius 2 is 1.79 bits per heavy atom. The van der Waals surface area contributed by atoms with E-state index in [0.717, 1.165) is 11.2 Å². The monoisotopic (exact) mass is 270 g/mol. The lowest BCUT2D eigenvalue weighted by atomic mass is 9.80. The van der Waals surface area contributed by atoms with Gasteiger partial charge >= 0.3 is 0 Å². The van der Waals surface area contributed by atoms with Gasteiger partial charge in [-0.25, -0.2) is 0 Å². The molecular formula is C17H15ClO. The lowest BCUT2D eigenvalue weighted by molar-refractivity contribution is 0.305. The van der Waals surface area contributed by atoms with Gasteiger partial charge in [-0.1, -0.05) is 30.7 Å². The molecule has 0 aliphatic heterocycles. The zero-order valence-electron chi connectivity index (χ0n) is 10.6. The van der Waals surface area contributed by atoms with E-state index in [0.29, 0.717) is 5.92 Å². The molecular weight excluding hydrogens is 256 g/mol. The van der Waals surface area contributed by atoms with Crippen molar-refractivity contribution < 1.29 is 4.42 Å². The molecule has 0 radical (unpaired) electrons. The maximum atomic E-state index is 6.60. The molecule has 96 valence electrons. The van der Waals surface area contributed by atoms with E-state index in [4.69, 9.17) is 16.0 Å². The lowest BCUT2D eigenvalue weighted by Gasteiger charge is -2.30. The topological polar surface area (TPSA) is 13.1 Å². The molecule has 0 saturated heterocycles. The van der Waals surface area contributed by atoms with Gasteiger partial charge in [-0.2, -0.15) is 0 Å². The van der Waals surface area contributed by atoms with Crippen LogP contribution in [0.3, 0.4) is 0 Å². The summed E-state index contributed by atoms with van der Waals surface area (Å²) in [4.78, 5) is 0. The van der Waals surface area contributed by atoms with Crippen molar-refractivity contribution in [3.63, 3.8) is 0 Å². The van der Waals surface area contributed by atoms with Gasteiger partial charge in [0.25, 0.3) is 0 Å². The van der Waals surface area contributed by atoms with E-state index in [9.17, 15) is 0 Å². The molecule has 0 bridgehead atoms. The average molecular weight is 271 g/mol. The average Bonchev–Trinajstić information content (AvgIpc) is 2.74. The zero-order valence-corrected chi connectivity index (χ0v) is 11.4. The molecule has 1 fully saturated rings. The summed E-state index contributed by atoms with van der Waals surface area (Å²) < 4.78 is 5.84. The molecule has 1 nitrogen and oxygen atoms in total. The minimum Gasteiger partial charge on any atom is -0.456 e. The number of halogens is 1. The molecule has 2 aromatic carbocycles. The Morgan fingerprint density at radius 1 is 1.00 bits per heavy atom. The number of furan rings is 1. The first kappa shape index (κ1) is 11.4. The van der Waals surface area contributed by atoms with Crippen molar-refractivity contribution in [1.82, 2.24) is 0 Å². The molecule has 2 heteroatoms. The van der Waals surface area contributed by atoms with Crippen LogP contribution < -0.4 is 0 Å². The Balaban J connectivity index is 1.87. The number of rotatable bonds is 2. The highest BCUT2D eigenvalue weighted by atomic mass is 35.5. The van der Waals surface area contributed by atoms with Crippen molar-refractivity contribution in [2.24, 2.45) is 5.92 Å². The van der Waals surface area contributed by atoms with Gasteiger partial charge in [-0.15, -0.1) is 11.6 Å². The second-order valence-electron chi connectivity index (χ2n) is 5.45. The fraction of sp³-hybridized carbons (Fsp3) is 0.294. The van der Waals surface area contributed by atoms with E-state index in [1.54, 1.807) is 0 Å². The molecule has 0 N–H and O–H groups in total. The van der Waals surface area contributed by atoms with Gasteiger partial charge in [0.05, 0.1) is 5.38 Å². The molecule has 1 unspecified atom stereocenters. The van der Waals surface area contributed by atoms with Gasteiger partial charge in [0, 0.05) is 10.8 Å². The van der Waals surface area contributed by atoms with Crippen molar-refractivity contribution >= 4 is 33.5 Å². The third-order valence-corrected chi connectivity index (χ3v) is 4.89. The maximum Gasteiger partial charge on any atom is 0.135 e. The van der Waals surface area contributed by atoms with Crippen LogP contribution in [0.2, 0.25) is 0 Å². The summed E-state index contributed by atoms with van der Waals surface area (Å²) in [6, 6.07) is 14.5. The van der Waals surface area contributed by atoms with Crippen LogP contribution in [0.1, 0.15) is 30.2 Å². The summed E-state index contributed by atoms with van der Waals surface area (Å²) in [5.41, 5.74) is 3.12. The van der Waals surface area contributed by atoms with Gasteiger partial charge in [-0.05, 0) is 42.5 Å². The van der Waals surface area contributed by atoms with Crippen LogP contribution in [0.25, 0.3) is 21.9 Å². The first-order valence-electron chi connectivity index (χ1n) is 6.88. The second kappa shape index (κ2) is 4.28. The van der Waals surface area contributed by atoms with Crippen LogP contribution in [0.5, 0.6) is 0 Å². The van der Waals surface area contributed by atoms with Crippen LogP contribution in [-0.2, 0) is 0 Å². The molecule has 3 aromatic rings. The van der Waals surface area contributed by atoms with Gasteiger partial charge in [0.1, 0.15) is 11.2 Å². The Morgan fingerprint density at radius 3 is 2.58 bits per heavy atom. The third kappa shape index (κ3) is 1.76. The predicted molar refractivity (Wildman–Crippen MR) is 79.7 cm³/mol. The minimum absolute atomic E-state index is 0.145. The van der Waals surface area contributed by atoms with Crippen LogP contribution >= 0.6 is 11.6 Å². The highest BCUT2D eigenvalue weighted by molar-refractivity contribution is 6.21. The molecule has 0 amide bonds. The van der Waals surface area contributed by atoms with E-state index < -0.39 is 0 Å². The third-order valence-electron chi connectivity index (χ3n) is 4.28. The number of alkyl halides is 1. The van der Waals surface area contributed by atoms with Crippen LogP contribution in [0.15, 0.2) is 46.9 Å². The molecule has 1 saturated carbocycles. The summed E-state index contributed by atoms with van der Waals surface area (Å²) in [7, 11) is 0. The zero-order chi connectivity index (χ0) is 12.8. The molecule has 1 aliphatic carbocycles. The molecule has 1 atom stereocenters. The van der Waals surface area contributed by atoms with Gasteiger partial charge in [-0.3, -0.25) is 0 Å². The van der Waals surface area contributed by atoms with Crippen molar-refractivity contribution in [1.29, 1.82) is 0 Å². The van der Waals surface area contributed by atoms with Crippen LogP contribution in [0, 0.1) is 5.92 Å². The summed E-state index contributed by atoms with van der Waals surface area (Å²) in [5.74, 6) is 0.650. The number of para-hydroxylation sites is 1. The number of fused-ring (bicyclic) bond motifs is 3. The molecule has 1 heterocycles. The summed E-state index contributed by atoms with van der Waals surface area (Å²) in [6.07, 6.45) is 3.85. The highest BCUT2D eigenvalue weighted by Gasteiger charge is 2.27. The van der Waals surface area contributed by atoms with Gasteiger partial charge < -0.3 is 4.42 Å². The van der Waals surface area contributed by atoms with E-state index in [2.05, 4.69) is 24.3 Å². The summed E-state index contributed by atoms with van der Waals surface area (Å²) in [6.45, 7) is 0. The molecule has 4 rings (SSSR count). The van der Waals surface area contributed by atoms with Gasteiger partial charge in [0.15, 0.2) is 0 Å². The van der Waals surface area contributed by atoms with Crippen LogP contribution in [-0.4, -0.2) is 0 Å². The maximum absolute atomic E-state index is 6.60. The quantitative estimate of drug-likeness (QED) is 0.547. The molecule has 1 aliphatic rings. The number of benzene rings is 2. The Kier molecular flexibility index (Phi) is 2.56. The molecule has 0 spiro atoms. The van der Waals surface area contributed by atoms with Crippen LogP contribution in [0.4, 0.5) is 0 Å². The predicted octanol–water partition coefficient (Wildman–Crippen LogP) is 5.67. The lowest BCUT2D eigenvalue weighted by Crippen LogP contribution is -2.16. The van der Waals surface area contributed by atoms with Crippen molar-refractivity contribution in [3.8, 4) is 0 Å². The smallest absolute Gasteiger partial charge is 0.135 e. The minimum atomic E-state index is 0.145. The standard InChI is InChI=1S/C17H15ClO/c18-17(11-4-3-5-11)12-8-9-16-14(10-12)13-6-1-2-7-15(13)19-16/h1-2,6-11,17H,3-5H2. The molecule has 19 heavy (non-hydrogen) atoms. The first-order valence-corrected chi connectivity index (χ1v) is 7.32. The highest BCUT2D eigenvalue weighted by Crippen LogP contribution is 2.43. The fourth-order valence-corrected chi connectivity index (χ4v) is 3.31. The number of hydrogen-bond donors (Lipinski definition) is 0.